The first-order valence-electron chi connectivity index (χ1n) is 8.41. The Hall–Kier alpha value is -1.73. The van der Waals surface area contributed by atoms with Crippen LogP contribution in [0, 0.1) is 10.8 Å². The third-order valence-electron chi connectivity index (χ3n) is 3.75. The molecule has 8 heteroatoms. The van der Waals surface area contributed by atoms with Crippen molar-refractivity contribution < 1.29 is 31.8 Å². The Morgan fingerprint density at radius 2 is 1.19 bits per heavy atom. The highest BCUT2D eigenvalue weighted by Gasteiger charge is 2.30. The number of Topliss-reactive ketones (excluding diaryl/α,β-unsaturated/α-hetero) is 2. The maximum absolute atomic E-state index is 12.4. The van der Waals surface area contributed by atoms with Gasteiger partial charge in [0.15, 0.2) is 12.4 Å². The van der Waals surface area contributed by atoms with Crippen LogP contribution in [0.2, 0.25) is 0 Å². The summed E-state index contributed by atoms with van der Waals surface area (Å²) >= 11 is 0. The van der Waals surface area contributed by atoms with Crippen molar-refractivity contribution in [2.45, 2.75) is 60.3 Å². The molecule has 1 aromatic rings. The molecule has 0 aliphatic carbocycles. The van der Waals surface area contributed by atoms with Crippen LogP contribution < -0.4 is 4.98 Å². The van der Waals surface area contributed by atoms with Crippen LogP contribution in [0.15, 0.2) is 24.5 Å². The number of nitrogens with one attached hydrogen (secondary N) is 1. The number of carbonyl (C=O) groups excluding carboxylic acids is 2. The van der Waals surface area contributed by atoms with Gasteiger partial charge in [-0.3, -0.25) is 9.59 Å². The van der Waals surface area contributed by atoms with E-state index < -0.39 is 7.25 Å². The number of hydrogen-bond acceptors (Lipinski definition) is 2. The predicted molar refractivity (Wildman–Crippen MR) is 94.1 cm³/mol. The smallest absolute Gasteiger partial charge is 0.418 e. The van der Waals surface area contributed by atoms with Gasteiger partial charge in [0.25, 0.3) is 0 Å². The van der Waals surface area contributed by atoms with Gasteiger partial charge in [0, 0.05) is 35.8 Å². The molecule has 1 rings (SSSR count). The van der Waals surface area contributed by atoms with E-state index >= 15 is 0 Å². The Morgan fingerprint density at radius 1 is 0.885 bits per heavy atom. The van der Waals surface area contributed by atoms with Gasteiger partial charge < -0.3 is 17.3 Å². The summed E-state index contributed by atoms with van der Waals surface area (Å²) in [6, 6.07) is 3.91. The van der Waals surface area contributed by atoms with Crippen LogP contribution in [0.4, 0.5) is 17.3 Å². The van der Waals surface area contributed by atoms with Crippen LogP contribution in [-0.4, -0.2) is 18.8 Å². The van der Waals surface area contributed by atoms with Crippen molar-refractivity contribution in [1.82, 2.24) is 0 Å². The topological polar surface area (TPSA) is 48.3 Å². The number of rotatable bonds is 5. The van der Waals surface area contributed by atoms with Crippen molar-refractivity contribution in [2.75, 3.05) is 0 Å². The van der Waals surface area contributed by atoms with Gasteiger partial charge in [0.2, 0.25) is 0 Å². The average molecular weight is 377 g/mol. The summed E-state index contributed by atoms with van der Waals surface area (Å²) in [7, 11) is -6.00. The molecule has 0 fully saturated rings. The Bertz CT molecular complexity index is 556. The van der Waals surface area contributed by atoms with Gasteiger partial charge in [-0.2, -0.15) is 0 Å². The van der Waals surface area contributed by atoms with Crippen molar-refractivity contribution in [3.63, 3.8) is 0 Å². The number of H-pyrrole nitrogens is 1. The zero-order valence-corrected chi connectivity index (χ0v) is 16.2. The van der Waals surface area contributed by atoms with Crippen molar-refractivity contribution in [3.8, 4) is 0 Å². The summed E-state index contributed by atoms with van der Waals surface area (Å²) in [6.07, 6.45) is 4.50. The van der Waals surface area contributed by atoms with Gasteiger partial charge in [0.1, 0.15) is 11.6 Å². The molecule has 1 aromatic heterocycles. The first kappa shape index (κ1) is 24.3. The lowest BCUT2D eigenvalue weighted by Gasteiger charge is -2.24. The minimum absolute atomic E-state index is 0.0435. The lowest BCUT2D eigenvalue weighted by molar-refractivity contribution is -0.378. The monoisotopic (exact) mass is 377 g/mol. The fourth-order valence-electron chi connectivity index (χ4n) is 2.04. The van der Waals surface area contributed by atoms with E-state index in [2.05, 4.69) is 4.98 Å². The Balaban J connectivity index is 0.00000110. The number of aromatic nitrogens is 1. The van der Waals surface area contributed by atoms with Gasteiger partial charge in [-0.1, -0.05) is 41.5 Å². The van der Waals surface area contributed by atoms with Crippen LogP contribution in [0.1, 0.15) is 65.9 Å². The fraction of sp³-hybridized carbons (Fsp3) is 0.611. The molecule has 0 atom stereocenters. The summed E-state index contributed by atoms with van der Waals surface area (Å²) in [5, 5.41) is 0. The minimum atomic E-state index is -6.00. The highest BCUT2D eigenvalue weighted by atomic mass is 19.5. The highest BCUT2D eigenvalue weighted by molar-refractivity contribution is 6.50. The molecule has 1 heterocycles. The Kier molecular flexibility index (Phi) is 8.67. The van der Waals surface area contributed by atoms with Crippen molar-refractivity contribution in [1.29, 1.82) is 0 Å². The molecule has 0 saturated heterocycles. The Labute approximate surface area is 152 Å². The number of carbonyl (C=O) groups is 2. The maximum atomic E-state index is 12.4. The molecule has 1 N–H and O–H groups in total. The molecule has 0 aromatic carbocycles. The van der Waals surface area contributed by atoms with Crippen LogP contribution in [-0.2, 0) is 9.59 Å². The van der Waals surface area contributed by atoms with E-state index in [1.165, 1.54) is 0 Å². The van der Waals surface area contributed by atoms with Crippen molar-refractivity contribution in [2.24, 2.45) is 10.8 Å². The number of halogens is 4. The molecule has 0 spiro atoms. The normalized spacial score (nSPS) is 12.4. The number of pyridine rings is 1. The molecule has 0 radical (unpaired) electrons. The quantitative estimate of drug-likeness (QED) is 0.542. The fourth-order valence-corrected chi connectivity index (χ4v) is 2.04. The third-order valence-corrected chi connectivity index (χ3v) is 3.75. The number of hydrogen-bond donors (Lipinski definition) is 0. The van der Waals surface area contributed by atoms with Crippen LogP contribution in [0.5, 0.6) is 0 Å². The minimum Gasteiger partial charge on any atom is -0.418 e. The highest BCUT2D eigenvalue weighted by Crippen LogP contribution is 2.31. The maximum Gasteiger partial charge on any atom is 0.673 e. The van der Waals surface area contributed by atoms with Gasteiger partial charge >= 0.3 is 7.25 Å². The molecule has 0 amide bonds. The zero-order chi connectivity index (χ0) is 20.8. The van der Waals surface area contributed by atoms with Gasteiger partial charge in [-0.15, -0.1) is 0 Å². The molecule has 0 aliphatic heterocycles. The van der Waals surface area contributed by atoms with Crippen LogP contribution >= 0.6 is 0 Å². The van der Waals surface area contributed by atoms with Gasteiger partial charge in [-0.05, 0) is 11.5 Å². The zero-order valence-electron chi connectivity index (χ0n) is 16.2. The lowest BCUT2D eigenvalue weighted by Crippen LogP contribution is -2.26. The summed E-state index contributed by atoms with van der Waals surface area (Å²) in [5.74, 6) is 0.349. The van der Waals surface area contributed by atoms with E-state index in [1.807, 2.05) is 66.1 Å². The van der Waals surface area contributed by atoms with E-state index in [0.29, 0.717) is 12.8 Å². The summed E-state index contributed by atoms with van der Waals surface area (Å²) < 4.78 is 39.0. The first-order valence-corrected chi connectivity index (χ1v) is 8.41. The van der Waals surface area contributed by atoms with Crippen molar-refractivity contribution >= 4 is 18.8 Å². The second-order valence-electron chi connectivity index (χ2n) is 8.28. The SMILES string of the molecule is CC(C)(C)C(=O)CC(CC(=O)C(C)(C)C)c1cc[nH+]cc1.F[B-](F)(F)F. The number of aromatic amines is 1. The van der Waals surface area contributed by atoms with Gasteiger partial charge in [-0.25, -0.2) is 4.98 Å². The summed E-state index contributed by atoms with van der Waals surface area (Å²) in [6.45, 7) is 11.6. The van der Waals surface area contributed by atoms with E-state index in [1.54, 1.807) is 0 Å². The third kappa shape index (κ3) is 11.0. The molecule has 0 bridgehead atoms. The molecule has 0 saturated carbocycles. The number of ketones is 2. The average Bonchev–Trinajstić information content (AvgIpc) is 2.43. The lowest BCUT2D eigenvalue weighted by atomic mass is 9.78. The van der Waals surface area contributed by atoms with E-state index in [4.69, 9.17) is 0 Å². The second kappa shape index (κ2) is 9.28. The molecule has 148 valence electrons. The molecule has 0 unspecified atom stereocenters. The van der Waals surface area contributed by atoms with E-state index in [-0.39, 0.29) is 28.3 Å². The largest absolute Gasteiger partial charge is 0.673 e. The van der Waals surface area contributed by atoms with Gasteiger partial charge in [0.05, 0.1) is 0 Å². The first-order chi connectivity index (χ1) is 11.5. The molecular formula is C18H28BF4NO2. The molecule has 0 aliphatic rings. The molecular weight excluding hydrogens is 349 g/mol. The summed E-state index contributed by atoms with van der Waals surface area (Å²) in [5.41, 5.74) is 0.303. The molecule has 3 nitrogen and oxygen atoms in total. The Morgan fingerprint density at radius 3 is 1.46 bits per heavy atom. The van der Waals surface area contributed by atoms with E-state index in [0.717, 1.165) is 5.56 Å². The summed E-state index contributed by atoms with van der Waals surface area (Å²) in [4.78, 5) is 27.7. The van der Waals surface area contributed by atoms with Crippen LogP contribution in [0.25, 0.3) is 0 Å². The van der Waals surface area contributed by atoms with E-state index in [9.17, 15) is 26.9 Å². The standard InChI is InChI=1S/C18H27NO2.BF4/c1-17(2,3)15(20)11-14(12-16(21)18(4,5)6)13-7-9-19-10-8-13;2-1(3,4)5/h7-10,14H,11-12H2,1-6H3;/q;-1/p+1. The second-order valence-corrected chi connectivity index (χ2v) is 8.28. The van der Waals surface area contributed by atoms with Crippen LogP contribution in [0.3, 0.4) is 0 Å². The van der Waals surface area contributed by atoms with Crippen molar-refractivity contribution in [3.05, 3.63) is 30.1 Å². The predicted octanol–water partition coefficient (Wildman–Crippen LogP) is 4.89. The molecule has 26 heavy (non-hydrogen) atoms.